The van der Waals surface area contributed by atoms with Gasteiger partial charge in [0.05, 0.1) is 11.4 Å². The lowest BCUT2D eigenvalue weighted by atomic mass is 10.0. The minimum absolute atomic E-state index is 0.0298. The van der Waals surface area contributed by atoms with Crippen molar-refractivity contribution in [3.05, 3.63) is 11.9 Å². The van der Waals surface area contributed by atoms with Gasteiger partial charge in [-0.2, -0.15) is 5.10 Å². The van der Waals surface area contributed by atoms with Crippen molar-refractivity contribution in [3.63, 3.8) is 0 Å². The number of amides is 2. The van der Waals surface area contributed by atoms with Crippen LogP contribution in [0.5, 0.6) is 0 Å². The summed E-state index contributed by atoms with van der Waals surface area (Å²) >= 11 is 0. The Balaban J connectivity index is 2.13. The van der Waals surface area contributed by atoms with Crippen LogP contribution in [0.3, 0.4) is 0 Å². The summed E-state index contributed by atoms with van der Waals surface area (Å²) in [7, 11) is 1.78. The topological polar surface area (TPSA) is 87.5 Å². The predicted molar refractivity (Wildman–Crippen MR) is 73.5 cm³/mol. The molecule has 20 heavy (non-hydrogen) atoms. The standard InChI is InChI=1S/C13H20N4O3/c1-4-9-10(7-16(3)15-9)14-13(20)17-6-5-8(2)11(17)12(18)19/h7-8,11H,4-6H2,1-3H3,(H,14,20)(H,18,19). The van der Waals surface area contributed by atoms with Gasteiger partial charge < -0.3 is 15.3 Å². The molecular formula is C13H20N4O3. The zero-order valence-corrected chi connectivity index (χ0v) is 12.0. The maximum absolute atomic E-state index is 12.3. The molecule has 110 valence electrons. The summed E-state index contributed by atoms with van der Waals surface area (Å²) in [6.45, 7) is 4.27. The summed E-state index contributed by atoms with van der Waals surface area (Å²) < 4.78 is 1.63. The van der Waals surface area contributed by atoms with Gasteiger partial charge in [-0.1, -0.05) is 13.8 Å². The number of likely N-dealkylation sites (tertiary alicyclic amines) is 1. The normalized spacial score (nSPS) is 22.1. The zero-order chi connectivity index (χ0) is 14.9. The van der Waals surface area contributed by atoms with Crippen LogP contribution in [0.4, 0.5) is 10.5 Å². The van der Waals surface area contributed by atoms with Crippen molar-refractivity contribution >= 4 is 17.7 Å². The Labute approximate surface area is 117 Å². The van der Waals surface area contributed by atoms with Gasteiger partial charge in [-0.3, -0.25) is 4.68 Å². The highest BCUT2D eigenvalue weighted by Crippen LogP contribution is 2.25. The van der Waals surface area contributed by atoms with E-state index in [1.165, 1.54) is 4.90 Å². The molecule has 7 heteroatoms. The number of aliphatic carboxylic acids is 1. The van der Waals surface area contributed by atoms with Crippen LogP contribution >= 0.6 is 0 Å². The molecule has 7 nitrogen and oxygen atoms in total. The molecule has 2 amide bonds. The molecule has 0 spiro atoms. The number of carbonyl (C=O) groups is 2. The Morgan fingerprint density at radius 3 is 2.85 bits per heavy atom. The first kappa shape index (κ1) is 14.4. The van der Waals surface area contributed by atoms with Gasteiger partial charge in [0.15, 0.2) is 0 Å². The quantitative estimate of drug-likeness (QED) is 0.874. The molecule has 1 aliphatic heterocycles. The van der Waals surface area contributed by atoms with Crippen molar-refractivity contribution in [2.75, 3.05) is 11.9 Å². The molecule has 0 aliphatic carbocycles. The van der Waals surface area contributed by atoms with Crippen LogP contribution in [0.1, 0.15) is 26.0 Å². The molecule has 1 saturated heterocycles. The second-order valence-electron chi connectivity index (χ2n) is 5.19. The number of aryl methyl sites for hydroxylation is 2. The third-order valence-electron chi connectivity index (χ3n) is 3.70. The first-order chi connectivity index (χ1) is 9.43. The third-order valence-corrected chi connectivity index (χ3v) is 3.70. The number of rotatable bonds is 3. The van der Waals surface area contributed by atoms with E-state index in [-0.39, 0.29) is 11.9 Å². The number of carboxylic acids is 1. The number of hydrogen-bond donors (Lipinski definition) is 2. The van der Waals surface area contributed by atoms with E-state index in [0.717, 1.165) is 5.69 Å². The number of urea groups is 1. The van der Waals surface area contributed by atoms with E-state index >= 15 is 0 Å². The fourth-order valence-electron chi connectivity index (χ4n) is 2.64. The van der Waals surface area contributed by atoms with Gasteiger partial charge in [0, 0.05) is 19.8 Å². The number of nitrogens with one attached hydrogen (secondary N) is 1. The summed E-state index contributed by atoms with van der Waals surface area (Å²) in [6, 6.07) is -1.12. The van der Waals surface area contributed by atoms with Gasteiger partial charge in [-0.25, -0.2) is 9.59 Å². The Kier molecular flexibility index (Phi) is 3.96. The third kappa shape index (κ3) is 2.61. The number of carboxylic acid groups (broad SMARTS) is 1. The SMILES string of the molecule is CCc1nn(C)cc1NC(=O)N1CCC(C)C1C(=O)O. The van der Waals surface area contributed by atoms with Gasteiger partial charge >= 0.3 is 12.0 Å². The summed E-state index contributed by atoms with van der Waals surface area (Å²) in [6.07, 6.45) is 3.14. The smallest absolute Gasteiger partial charge is 0.326 e. The summed E-state index contributed by atoms with van der Waals surface area (Å²) in [5.41, 5.74) is 1.43. The summed E-state index contributed by atoms with van der Waals surface area (Å²) in [4.78, 5) is 24.9. The fraction of sp³-hybridized carbons (Fsp3) is 0.615. The van der Waals surface area contributed by atoms with E-state index in [1.54, 1.807) is 17.9 Å². The van der Waals surface area contributed by atoms with Crippen molar-refractivity contribution in [2.24, 2.45) is 13.0 Å². The molecule has 1 aromatic heterocycles. The molecule has 1 fully saturated rings. The molecule has 2 N–H and O–H groups in total. The van der Waals surface area contributed by atoms with E-state index in [2.05, 4.69) is 10.4 Å². The van der Waals surface area contributed by atoms with Crippen LogP contribution in [-0.2, 0) is 18.3 Å². The van der Waals surface area contributed by atoms with Crippen molar-refractivity contribution in [3.8, 4) is 0 Å². The maximum Gasteiger partial charge on any atom is 0.326 e. The lowest BCUT2D eigenvalue weighted by molar-refractivity contribution is -0.142. The first-order valence-corrected chi connectivity index (χ1v) is 6.77. The zero-order valence-electron chi connectivity index (χ0n) is 12.0. The molecule has 2 rings (SSSR count). The average Bonchev–Trinajstić information content (AvgIpc) is 2.92. The highest BCUT2D eigenvalue weighted by molar-refractivity contribution is 5.93. The largest absolute Gasteiger partial charge is 0.480 e. The first-order valence-electron chi connectivity index (χ1n) is 6.77. The number of hydrogen-bond acceptors (Lipinski definition) is 3. The summed E-state index contributed by atoms with van der Waals surface area (Å²) in [5, 5.41) is 16.3. The second-order valence-corrected chi connectivity index (χ2v) is 5.19. The Morgan fingerprint density at radius 1 is 1.55 bits per heavy atom. The predicted octanol–water partition coefficient (Wildman–Crippen LogP) is 1.31. The van der Waals surface area contributed by atoms with E-state index in [4.69, 9.17) is 0 Å². The second kappa shape index (κ2) is 5.52. The van der Waals surface area contributed by atoms with Crippen molar-refractivity contribution in [1.82, 2.24) is 14.7 Å². The van der Waals surface area contributed by atoms with Crippen LogP contribution < -0.4 is 5.32 Å². The van der Waals surface area contributed by atoms with Crippen LogP contribution in [0, 0.1) is 5.92 Å². The Morgan fingerprint density at radius 2 is 2.25 bits per heavy atom. The van der Waals surface area contributed by atoms with Crippen molar-refractivity contribution in [2.45, 2.75) is 32.7 Å². The van der Waals surface area contributed by atoms with Gasteiger partial charge in [0.2, 0.25) is 0 Å². The van der Waals surface area contributed by atoms with Gasteiger partial charge in [0.25, 0.3) is 0 Å². The molecular weight excluding hydrogens is 260 g/mol. The molecule has 0 bridgehead atoms. The Bertz CT molecular complexity index is 526. The minimum Gasteiger partial charge on any atom is -0.480 e. The van der Waals surface area contributed by atoms with Gasteiger partial charge in [-0.05, 0) is 18.8 Å². The number of aromatic nitrogens is 2. The average molecular weight is 280 g/mol. The molecule has 1 aromatic rings. The monoisotopic (exact) mass is 280 g/mol. The van der Waals surface area contributed by atoms with Gasteiger partial charge in [-0.15, -0.1) is 0 Å². The number of nitrogens with zero attached hydrogens (tertiary/aromatic N) is 3. The number of carbonyl (C=O) groups excluding carboxylic acids is 1. The molecule has 0 aromatic carbocycles. The molecule has 2 unspecified atom stereocenters. The van der Waals surface area contributed by atoms with Crippen LogP contribution in [0.15, 0.2) is 6.20 Å². The number of anilines is 1. The maximum atomic E-state index is 12.3. The van der Waals surface area contributed by atoms with Crippen molar-refractivity contribution in [1.29, 1.82) is 0 Å². The highest BCUT2D eigenvalue weighted by Gasteiger charge is 2.39. The molecule has 2 heterocycles. The molecule has 0 radical (unpaired) electrons. The van der Waals surface area contributed by atoms with E-state index in [0.29, 0.717) is 25.1 Å². The van der Waals surface area contributed by atoms with Crippen molar-refractivity contribution < 1.29 is 14.7 Å². The minimum atomic E-state index is -0.952. The van der Waals surface area contributed by atoms with Crippen LogP contribution in [-0.4, -0.2) is 44.4 Å². The lowest BCUT2D eigenvalue weighted by Crippen LogP contribution is -2.44. The van der Waals surface area contributed by atoms with E-state index in [1.807, 2.05) is 13.8 Å². The molecule has 0 saturated carbocycles. The fourth-order valence-corrected chi connectivity index (χ4v) is 2.64. The van der Waals surface area contributed by atoms with Crippen LogP contribution in [0.25, 0.3) is 0 Å². The summed E-state index contributed by atoms with van der Waals surface area (Å²) in [5.74, 6) is -0.982. The molecule has 2 atom stereocenters. The highest BCUT2D eigenvalue weighted by atomic mass is 16.4. The van der Waals surface area contributed by atoms with Gasteiger partial charge in [0.1, 0.15) is 6.04 Å². The van der Waals surface area contributed by atoms with Crippen LogP contribution in [0.2, 0.25) is 0 Å². The lowest BCUT2D eigenvalue weighted by Gasteiger charge is -2.23. The Hall–Kier alpha value is -2.05. The van der Waals surface area contributed by atoms with E-state index < -0.39 is 12.0 Å². The van der Waals surface area contributed by atoms with E-state index in [9.17, 15) is 14.7 Å². The molecule has 1 aliphatic rings.